The molecule has 0 radical (unpaired) electrons. The first kappa shape index (κ1) is 30.2. The number of rotatable bonds is 8. The molecule has 2 saturated carbocycles. The molecule has 0 atom stereocenters. The number of hydrogen-bond donors (Lipinski definition) is 0. The minimum atomic E-state index is 0. The molecule has 0 spiro atoms. The molecule has 28 heavy (non-hydrogen) atoms. The maximum absolute atomic E-state index is 2.36. The molecule has 0 aromatic rings. The lowest BCUT2D eigenvalue weighted by Gasteiger charge is -2.37. The van der Waals surface area contributed by atoms with Crippen LogP contribution in [0.15, 0.2) is 0 Å². The van der Waals surface area contributed by atoms with Crippen molar-refractivity contribution in [1.29, 1.82) is 0 Å². The molecule has 0 nitrogen and oxygen atoms in total. The van der Waals surface area contributed by atoms with Crippen molar-refractivity contribution >= 4 is 0 Å². The fourth-order valence-electron chi connectivity index (χ4n) is 5.63. The van der Waals surface area contributed by atoms with E-state index in [4.69, 9.17) is 0 Å². The fourth-order valence-corrected chi connectivity index (χ4v) is 5.63. The van der Waals surface area contributed by atoms with E-state index >= 15 is 0 Å². The topological polar surface area (TPSA) is 0 Å². The van der Waals surface area contributed by atoms with Crippen LogP contribution in [0.1, 0.15) is 134 Å². The second-order valence-corrected chi connectivity index (χ2v) is 11.6. The molecule has 0 heterocycles. The van der Waals surface area contributed by atoms with Gasteiger partial charge in [0.2, 0.25) is 0 Å². The van der Waals surface area contributed by atoms with Crippen molar-refractivity contribution in [2.45, 2.75) is 134 Å². The lowest BCUT2D eigenvalue weighted by Crippen LogP contribution is -2.25. The Hall–Kier alpha value is 0. The first-order chi connectivity index (χ1) is 12.2. The first-order valence-electron chi connectivity index (χ1n) is 12.2. The normalized spacial score (nSPS) is 27.0. The summed E-state index contributed by atoms with van der Waals surface area (Å²) >= 11 is 0. The van der Waals surface area contributed by atoms with Crippen molar-refractivity contribution in [2.75, 3.05) is 0 Å². The third kappa shape index (κ3) is 14.1. The van der Waals surface area contributed by atoms with Crippen molar-refractivity contribution in [3.8, 4) is 0 Å². The fraction of sp³-hybridized carbons (Fsp3) is 1.00. The predicted octanol–water partition coefficient (Wildman–Crippen LogP) is 10.3. The Morgan fingerprint density at radius 2 is 0.643 bits per heavy atom. The Kier molecular flexibility index (Phi) is 17.0. The van der Waals surface area contributed by atoms with E-state index in [-0.39, 0.29) is 14.9 Å². The van der Waals surface area contributed by atoms with Gasteiger partial charge in [-0.2, -0.15) is 0 Å². The van der Waals surface area contributed by atoms with E-state index in [2.05, 4.69) is 55.4 Å². The van der Waals surface area contributed by atoms with Crippen LogP contribution >= 0.6 is 0 Å². The van der Waals surface area contributed by atoms with E-state index in [0.717, 1.165) is 47.3 Å². The van der Waals surface area contributed by atoms with Crippen molar-refractivity contribution in [3.63, 3.8) is 0 Å². The Bertz CT molecular complexity index is 292. The minimum Gasteiger partial charge on any atom is -0.0776 e. The number of hydrogen-bond acceptors (Lipinski definition) is 0. The summed E-state index contributed by atoms with van der Waals surface area (Å²) in [6.07, 6.45) is 15.0. The van der Waals surface area contributed by atoms with Crippen LogP contribution in [-0.2, 0) is 0 Å². The van der Waals surface area contributed by atoms with Crippen LogP contribution in [0.2, 0.25) is 0 Å². The lowest BCUT2D eigenvalue weighted by atomic mass is 9.69. The lowest BCUT2D eigenvalue weighted by molar-refractivity contribution is 0.142. The van der Waals surface area contributed by atoms with E-state index in [1.165, 1.54) is 64.2 Å². The van der Waals surface area contributed by atoms with Gasteiger partial charge in [0.15, 0.2) is 0 Å². The molecule has 0 bridgehead atoms. The molecular formula is C28H60. The molecule has 2 aliphatic rings. The van der Waals surface area contributed by atoms with Crippen molar-refractivity contribution < 1.29 is 0 Å². The monoisotopic (exact) mass is 396 g/mol. The highest BCUT2D eigenvalue weighted by molar-refractivity contribution is 4.80. The Balaban J connectivity index is 0. The van der Waals surface area contributed by atoms with E-state index in [9.17, 15) is 0 Å². The molecule has 0 aromatic heterocycles. The second kappa shape index (κ2) is 15.8. The SMILES string of the molecule is C.C.CC(C)CC1CC(CC(C)C)C1.CC(C)CC1CCC(CC(C)C)CC1. The maximum atomic E-state index is 2.36. The largest absolute Gasteiger partial charge is 0.0776 e. The summed E-state index contributed by atoms with van der Waals surface area (Å²) in [7, 11) is 0. The molecule has 2 aliphatic carbocycles. The summed E-state index contributed by atoms with van der Waals surface area (Å²) in [5.74, 6) is 7.90. The molecule has 0 aliphatic heterocycles. The zero-order valence-electron chi connectivity index (χ0n) is 19.7. The summed E-state index contributed by atoms with van der Waals surface area (Å²) in [6.45, 7) is 18.8. The van der Waals surface area contributed by atoms with Crippen LogP contribution in [0.4, 0.5) is 0 Å². The summed E-state index contributed by atoms with van der Waals surface area (Å²) in [4.78, 5) is 0. The van der Waals surface area contributed by atoms with Gasteiger partial charge < -0.3 is 0 Å². The molecule has 0 heteroatoms. The molecule has 2 fully saturated rings. The molecular weight excluding hydrogens is 336 g/mol. The van der Waals surface area contributed by atoms with E-state index in [1.807, 2.05) is 0 Å². The van der Waals surface area contributed by atoms with Crippen molar-refractivity contribution in [2.24, 2.45) is 47.3 Å². The van der Waals surface area contributed by atoms with Gasteiger partial charge in [-0.15, -0.1) is 0 Å². The third-order valence-corrected chi connectivity index (χ3v) is 6.52. The van der Waals surface area contributed by atoms with Gasteiger partial charge in [-0.3, -0.25) is 0 Å². The maximum Gasteiger partial charge on any atom is -0.0407 e. The average Bonchev–Trinajstić information content (AvgIpc) is 2.46. The first-order valence-corrected chi connectivity index (χ1v) is 12.2. The average molecular weight is 397 g/mol. The van der Waals surface area contributed by atoms with E-state index < -0.39 is 0 Å². The van der Waals surface area contributed by atoms with Gasteiger partial charge in [-0.25, -0.2) is 0 Å². The van der Waals surface area contributed by atoms with Gasteiger partial charge in [-0.1, -0.05) is 95.9 Å². The quantitative estimate of drug-likeness (QED) is 0.382. The predicted molar refractivity (Wildman–Crippen MR) is 133 cm³/mol. The van der Waals surface area contributed by atoms with Crippen LogP contribution in [0, 0.1) is 47.3 Å². The van der Waals surface area contributed by atoms with E-state index in [0.29, 0.717) is 0 Å². The van der Waals surface area contributed by atoms with Crippen LogP contribution in [0.25, 0.3) is 0 Å². The van der Waals surface area contributed by atoms with Gasteiger partial charge in [0.05, 0.1) is 0 Å². The Labute approximate surface area is 182 Å². The summed E-state index contributed by atoms with van der Waals surface area (Å²) < 4.78 is 0. The molecule has 2 rings (SSSR count). The highest BCUT2D eigenvalue weighted by atomic mass is 14.3. The van der Waals surface area contributed by atoms with Crippen LogP contribution < -0.4 is 0 Å². The zero-order chi connectivity index (χ0) is 19.7. The van der Waals surface area contributed by atoms with Gasteiger partial charge >= 0.3 is 0 Å². The van der Waals surface area contributed by atoms with Crippen LogP contribution in [-0.4, -0.2) is 0 Å². The second-order valence-electron chi connectivity index (χ2n) is 11.6. The van der Waals surface area contributed by atoms with Crippen molar-refractivity contribution in [1.82, 2.24) is 0 Å². The minimum absolute atomic E-state index is 0. The molecule has 0 saturated heterocycles. The van der Waals surface area contributed by atoms with Gasteiger partial charge in [0.1, 0.15) is 0 Å². The standard InChI is InChI=1S/C14H28.C12H24.2CH4/c1-11(2)9-13-5-7-14(8-6-13)10-12(3)4;1-9(2)5-11-7-12(8-11)6-10(3)4;;/h11-14H,5-10H2,1-4H3;9-12H,5-8H2,1-4H3;2*1H4. The molecule has 0 aromatic carbocycles. The highest BCUT2D eigenvalue weighted by Crippen LogP contribution is 2.41. The summed E-state index contributed by atoms with van der Waals surface area (Å²) in [5, 5.41) is 0. The summed E-state index contributed by atoms with van der Waals surface area (Å²) in [6, 6.07) is 0. The smallest absolute Gasteiger partial charge is 0.0407 e. The molecule has 0 N–H and O–H groups in total. The molecule has 0 amide bonds. The Morgan fingerprint density at radius 3 is 0.857 bits per heavy atom. The molecule has 172 valence electrons. The summed E-state index contributed by atoms with van der Waals surface area (Å²) in [5.41, 5.74) is 0. The van der Waals surface area contributed by atoms with Crippen molar-refractivity contribution in [3.05, 3.63) is 0 Å². The highest BCUT2D eigenvalue weighted by Gasteiger charge is 2.29. The van der Waals surface area contributed by atoms with Crippen LogP contribution in [0.5, 0.6) is 0 Å². The Morgan fingerprint density at radius 1 is 0.429 bits per heavy atom. The van der Waals surface area contributed by atoms with E-state index in [1.54, 1.807) is 0 Å². The van der Waals surface area contributed by atoms with Gasteiger partial charge in [-0.05, 0) is 85.9 Å². The van der Waals surface area contributed by atoms with Crippen LogP contribution in [0.3, 0.4) is 0 Å². The zero-order valence-corrected chi connectivity index (χ0v) is 19.7. The van der Waals surface area contributed by atoms with Gasteiger partial charge in [0.25, 0.3) is 0 Å². The van der Waals surface area contributed by atoms with Gasteiger partial charge in [0, 0.05) is 0 Å². The molecule has 0 unspecified atom stereocenters. The third-order valence-electron chi connectivity index (χ3n) is 6.52.